The molecule has 7 heteroatoms. The van der Waals surface area contributed by atoms with Crippen LogP contribution in [0.3, 0.4) is 0 Å². The third kappa shape index (κ3) is 4.54. The molecule has 2 heterocycles. The SMILES string of the molecule is CC(CC(=O)O)CC(=O)NCCCc1nnc2ccccn12. The number of hydrogen-bond donors (Lipinski definition) is 2. The van der Waals surface area contributed by atoms with Crippen molar-refractivity contribution < 1.29 is 14.7 Å². The van der Waals surface area contributed by atoms with Crippen molar-refractivity contribution in [3.63, 3.8) is 0 Å². The van der Waals surface area contributed by atoms with E-state index < -0.39 is 5.97 Å². The van der Waals surface area contributed by atoms with Crippen molar-refractivity contribution in [3.05, 3.63) is 30.2 Å². The number of aliphatic carboxylic acids is 1. The van der Waals surface area contributed by atoms with Crippen molar-refractivity contribution in [2.24, 2.45) is 5.92 Å². The largest absolute Gasteiger partial charge is 0.481 e. The first kappa shape index (κ1) is 15.9. The average Bonchev–Trinajstić information content (AvgIpc) is 2.86. The molecule has 0 saturated carbocycles. The molecule has 0 radical (unpaired) electrons. The second-order valence-corrected chi connectivity index (χ2v) is 5.41. The Morgan fingerprint density at radius 3 is 2.91 bits per heavy atom. The Labute approximate surface area is 128 Å². The molecule has 1 amide bonds. The number of carbonyl (C=O) groups excluding carboxylic acids is 1. The molecule has 0 aliphatic rings. The van der Waals surface area contributed by atoms with E-state index in [1.807, 2.05) is 28.8 Å². The van der Waals surface area contributed by atoms with Gasteiger partial charge in [0.15, 0.2) is 5.65 Å². The van der Waals surface area contributed by atoms with Gasteiger partial charge in [-0.05, 0) is 24.5 Å². The normalized spacial score (nSPS) is 12.2. The summed E-state index contributed by atoms with van der Waals surface area (Å²) in [5, 5.41) is 19.7. The fourth-order valence-corrected chi connectivity index (χ4v) is 2.29. The van der Waals surface area contributed by atoms with E-state index in [9.17, 15) is 9.59 Å². The van der Waals surface area contributed by atoms with Crippen LogP contribution in [-0.4, -0.2) is 38.1 Å². The average molecular weight is 304 g/mol. The number of amides is 1. The fraction of sp³-hybridized carbons (Fsp3) is 0.467. The number of carboxylic acids is 1. The van der Waals surface area contributed by atoms with Crippen molar-refractivity contribution in [1.82, 2.24) is 19.9 Å². The van der Waals surface area contributed by atoms with Crippen LogP contribution in [-0.2, 0) is 16.0 Å². The van der Waals surface area contributed by atoms with Gasteiger partial charge in [-0.2, -0.15) is 0 Å². The number of aryl methyl sites for hydroxylation is 1. The number of pyridine rings is 1. The van der Waals surface area contributed by atoms with E-state index in [4.69, 9.17) is 5.11 Å². The number of aromatic nitrogens is 3. The quantitative estimate of drug-likeness (QED) is 0.716. The zero-order chi connectivity index (χ0) is 15.9. The summed E-state index contributed by atoms with van der Waals surface area (Å²) in [6, 6.07) is 5.72. The zero-order valence-electron chi connectivity index (χ0n) is 12.5. The lowest BCUT2D eigenvalue weighted by atomic mass is 10.0. The highest BCUT2D eigenvalue weighted by molar-refractivity contribution is 5.77. The minimum Gasteiger partial charge on any atom is -0.481 e. The highest BCUT2D eigenvalue weighted by Crippen LogP contribution is 2.07. The number of carbonyl (C=O) groups is 2. The van der Waals surface area contributed by atoms with Crippen LogP contribution in [0.15, 0.2) is 24.4 Å². The molecule has 1 unspecified atom stereocenters. The lowest BCUT2D eigenvalue weighted by molar-refractivity contribution is -0.138. The van der Waals surface area contributed by atoms with Crippen LogP contribution in [0.2, 0.25) is 0 Å². The lowest BCUT2D eigenvalue weighted by Gasteiger charge is -2.09. The van der Waals surface area contributed by atoms with Gasteiger partial charge in [0.1, 0.15) is 5.82 Å². The molecule has 0 aliphatic heterocycles. The summed E-state index contributed by atoms with van der Waals surface area (Å²) in [6.45, 7) is 2.30. The number of nitrogens with zero attached hydrogens (tertiary/aromatic N) is 3. The molecule has 0 aliphatic carbocycles. The van der Waals surface area contributed by atoms with Gasteiger partial charge in [-0.3, -0.25) is 14.0 Å². The Hall–Kier alpha value is -2.44. The van der Waals surface area contributed by atoms with Crippen LogP contribution in [0.4, 0.5) is 0 Å². The highest BCUT2D eigenvalue weighted by Gasteiger charge is 2.12. The molecule has 0 fully saturated rings. The third-order valence-electron chi connectivity index (χ3n) is 3.34. The molecule has 0 saturated heterocycles. The van der Waals surface area contributed by atoms with Gasteiger partial charge in [-0.25, -0.2) is 0 Å². The van der Waals surface area contributed by atoms with Crippen molar-refractivity contribution in [1.29, 1.82) is 0 Å². The number of rotatable bonds is 8. The topological polar surface area (TPSA) is 96.6 Å². The Kier molecular flexibility index (Phi) is 5.46. The molecule has 0 aromatic carbocycles. The summed E-state index contributed by atoms with van der Waals surface area (Å²) >= 11 is 0. The van der Waals surface area contributed by atoms with Gasteiger partial charge in [-0.1, -0.05) is 13.0 Å². The molecule has 2 rings (SSSR count). The van der Waals surface area contributed by atoms with Crippen molar-refractivity contribution >= 4 is 17.5 Å². The predicted molar refractivity (Wildman–Crippen MR) is 80.4 cm³/mol. The molecular formula is C15H20N4O3. The van der Waals surface area contributed by atoms with E-state index in [1.165, 1.54) is 0 Å². The minimum absolute atomic E-state index is 0.0130. The summed E-state index contributed by atoms with van der Waals surface area (Å²) in [7, 11) is 0. The highest BCUT2D eigenvalue weighted by atomic mass is 16.4. The van der Waals surface area contributed by atoms with E-state index in [0.29, 0.717) is 6.54 Å². The number of fused-ring (bicyclic) bond motifs is 1. The summed E-state index contributed by atoms with van der Waals surface area (Å²) in [5.41, 5.74) is 0.809. The van der Waals surface area contributed by atoms with E-state index in [0.717, 1.165) is 24.3 Å². The van der Waals surface area contributed by atoms with Gasteiger partial charge in [-0.15, -0.1) is 10.2 Å². The van der Waals surface area contributed by atoms with Crippen LogP contribution < -0.4 is 5.32 Å². The molecule has 2 aromatic rings. The van der Waals surface area contributed by atoms with Gasteiger partial charge < -0.3 is 10.4 Å². The summed E-state index contributed by atoms with van der Waals surface area (Å²) in [6.07, 6.45) is 3.64. The monoisotopic (exact) mass is 304 g/mol. The number of hydrogen-bond acceptors (Lipinski definition) is 4. The van der Waals surface area contributed by atoms with Crippen LogP contribution in [0, 0.1) is 5.92 Å². The van der Waals surface area contributed by atoms with Crippen LogP contribution >= 0.6 is 0 Å². The Morgan fingerprint density at radius 2 is 2.14 bits per heavy atom. The summed E-state index contributed by atoms with van der Waals surface area (Å²) in [5.74, 6) is -0.277. The smallest absolute Gasteiger partial charge is 0.303 e. The minimum atomic E-state index is -0.876. The molecule has 0 bridgehead atoms. The van der Waals surface area contributed by atoms with Gasteiger partial charge in [0.2, 0.25) is 5.91 Å². The fourth-order valence-electron chi connectivity index (χ4n) is 2.29. The zero-order valence-corrected chi connectivity index (χ0v) is 12.5. The molecular weight excluding hydrogens is 284 g/mol. The Morgan fingerprint density at radius 1 is 1.32 bits per heavy atom. The maximum Gasteiger partial charge on any atom is 0.303 e. The van der Waals surface area contributed by atoms with Crippen LogP contribution in [0.25, 0.3) is 5.65 Å². The second kappa shape index (κ2) is 7.53. The lowest BCUT2D eigenvalue weighted by Crippen LogP contribution is -2.27. The van der Waals surface area contributed by atoms with Crippen molar-refractivity contribution in [2.45, 2.75) is 32.6 Å². The van der Waals surface area contributed by atoms with Gasteiger partial charge in [0.05, 0.1) is 0 Å². The standard InChI is InChI=1S/C15H20N4O3/c1-11(10-15(21)22)9-14(20)16-7-4-6-13-18-17-12-5-2-3-8-19(12)13/h2-3,5,8,11H,4,6-7,9-10H2,1H3,(H,16,20)(H,21,22). The van der Waals surface area contributed by atoms with Crippen LogP contribution in [0.1, 0.15) is 32.0 Å². The van der Waals surface area contributed by atoms with Gasteiger partial charge >= 0.3 is 5.97 Å². The molecule has 0 spiro atoms. The molecule has 118 valence electrons. The van der Waals surface area contributed by atoms with E-state index >= 15 is 0 Å². The Balaban J connectivity index is 1.71. The Bertz CT molecular complexity index is 653. The maximum atomic E-state index is 11.7. The van der Waals surface area contributed by atoms with Crippen molar-refractivity contribution in [3.8, 4) is 0 Å². The van der Waals surface area contributed by atoms with Gasteiger partial charge in [0, 0.05) is 32.0 Å². The number of nitrogens with one attached hydrogen (secondary N) is 1. The maximum absolute atomic E-state index is 11.7. The summed E-state index contributed by atoms with van der Waals surface area (Å²) in [4.78, 5) is 22.2. The van der Waals surface area contributed by atoms with E-state index in [1.54, 1.807) is 6.92 Å². The second-order valence-electron chi connectivity index (χ2n) is 5.41. The van der Waals surface area contributed by atoms with E-state index in [2.05, 4.69) is 15.5 Å². The van der Waals surface area contributed by atoms with E-state index in [-0.39, 0.29) is 24.7 Å². The molecule has 22 heavy (non-hydrogen) atoms. The first-order valence-corrected chi connectivity index (χ1v) is 7.33. The molecule has 2 N–H and O–H groups in total. The first-order valence-electron chi connectivity index (χ1n) is 7.33. The number of carboxylic acid groups (broad SMARTS) is 1. The first-order chi connectivity index (χ1) is 10.6. The van der Waals surface area contributed by atoms with Gasteiger partial charge in [0.25, 0.3) is 0 Å². The predicted octanol–water partition coefficient (Wildman–Crippen LogP) is 1.28. The molecule has 1 atom stereocenters. The van der Waals surface area contributed by atoms with Crippen molar-refractivity contribution in [2.75, 3.05) is 6.54 Å². The third-order valence-corrected chi connectivity index (χ3v) is 3.34. The van der Waals surface area contributed by atoms with Crippen LogP contribution in [0.5, 0.6) is 0 Å². The summed E-state index contributed by atoms with van der Waals surface area (Å²) < 4.78 is 1.93. The molecule has 2 aromatic heterocycles. The molecule has 7 nitrogen and oxygen atoms in total.